The van der Waals surface area contributed by atoms with Crippen LogP contribution in [0.3, 0.4) is 0 Å². The zero-order valence-corrected chi connectivity index (χ0v) is 13.6. The molecular formula is C19H20N2O2. The zero-order chi connectivity index (χ0) is 16.4. The van der Waals surface area contributed by atoms with Gasteiger partial charge in [-0.3, -0.25) is 4.79 Å². The molecule has 2 aromatic carbocycles. The third kappa shape index (κ3) is 2.97. The number of amidine groups is 1. The number of ether oxygens (including phenoxy) is 1. The van der Waals surface area contributed by atoms with Gasteiger partial charge in [-0.1, -0.05) is 48.0 Å². The SMILES string of the molecule is COC(=O)CN1C(C)=Nc2ccc(C)cc2[C@H]1c1ccccc1. The molecule has 0 fully saturated rings. The third-order valence-corrected chi connectivity index (χ3v) is 4.13. The number of esters is 1. The monoisotopic (exact) mass is 308 g/mol. The zero-order valence-electron chi connectivity index (χ0n) is 13.6. The Morgan fingerprint density at radius 2 is 1.91 bits per heavy atom. The van der Waals surface area contributed by atoms with Gasteiger partial charge in [-0.05, 0) is 25.5 Å². The van der Waals surface area contributed by atoms with Crippen LogP contribution in [-0.4, -0.2) is 30.4 Å². The average molecular weight is 308 g/mol. The van der Waals surface area contributed by atoms with Crippen molar-refractivity contribution in [2.45, 2.75) is 19.9 Å². The second kappa shape index (κ2) is 6.24. The van der Waals surface area contributed by atoms with Crippen LogP contribution in [0.4, 0.5) is 5.69 Å². The maximum Gasteiger partial charge on any atom is 0.325 e. The van der Waals surface area contributed by atoms with Crippen LogP contribution in [-0.2, 0) is 9.53 Å². The number of aryl methyl sites for hydroxylation is 1. The molecule has 0 unspecified atom stereocenters. The molecule has 3 rings (SSSR count). The lowest BCUT2D eigenvalue weighted by molar-refractivity contribution is -0.141. The summed E-state index contributed by atoms with van der Waals surface area (Å²) >= 11 is 0. The second-order valence-corrected chi connectivity index (χ2v) is 5.74. The molecule has 1 atom stereocenters. The number of hydrogen-bond donors (Lipinski definition) is 0. The van der Waals surface area contributed by atoms with Crippen LogP contribution in [0.2, 0.25) is 0 Å². The van der Waals surface area contributed by atoms with Crippen molar-refractivity contribution in [3.63, 3.8) is 0 Å². The van der Waals surface area contributed by atoms with E-state index < -0.39 is 0 Å². The summed E-state index contributed by atoms with van der Waals surface area (Å²) in [6.07, 6.45) is 0. The molecule has 1 aliphatic heterocycles. The Morgan fingerprint density at radius 3 is 2.61 bits per heavy atom. The summed E-state index contributed by atoms with van der Waals surface area (Å²) in [6, 6.07) is 16.4. The molecule has 4 nitrogen and oxygen atoms in total. The van der Waals surface area contributed by atoms with Gasteiger partial charge in [-0.2, -0.15) is 0 Å². The topological polar surface area (TPSA) is 41.9 Å². The standard InChI is InChI=1S/C19H20N2O2/c1-13-9-10-17-16(11-13)19(15-7-5-4-6-8-15)21(14(2)20-17)12-18(22)23-3/h4-11,19H,12H2,1-3H3/t19-/m1/s1. The fourth-order valence-electron chi connectivity index (χ4n) is 2.99. The molecule has 4 heteroatoms. The van der Waals surface area contributed by atoms with E-state index in [1.54, 1.807) is 0 Å². The molecular weight excluding hydrogens is 288 g/mol. The van der Waals surface area contributed by atoms with Crippen molar-refractivity contribution >= 4 is 17.5 Å². The van der Waals surface area contributed by atoms with Gasteiger partial charge in [0.05, 0.1) is 18.8 Å². The largest absolute Gasteiger partial charge is 0.468 e. The van der Waals surface area contributed by atoms with Crippen molar-refractivity contribution in [2.24, 2.45) is 4.99 Å². The number of hydrogen-bond acceptors (Lipinski definition) is 4. The fourth-order valence-corrected chi connectivity index (χ4v) is 2.99. The summed E-state index contributed by atoms with van der Waals surface area (Å²) in [5.41, 5.74) is 4.39. The Bertz CT molecular complexity index is 753. The molecule has 0 spiro atoms. The van der Waals surface area contributed by atoms with E-state index in [-0.39, 0.29) is 18.6 Å². The average Bonchev–Trinajstić information content (AvgIpc) is 2.56. The number of nitrogens with zero attached hydrogens (tertiary/aromatic N) is 2. The van der Waals surface area contributed by atoms with Crippen molar-refractivity contribution in [1.82, 2.24) is 4.90 Å². The van der Waals surface area contributed by atoms with Crippen LogP contribution in [0.5, 0.6) is 0 Å². The molecule has 0 saturated heterocycles. The lowest BCUT2D eigenvalue weighted by Crippen LogP contribution is -2.40. The Balaban J connectivity index is 2.13. The molecule has 23 heavy (non-hydrogen) atoms. The Kier molecular flexibility index (Phi) is 4.15. The first-order valence-electron chi connectivity index (χ1n) is 7.64. The van der Waals surface area contributed by atoms with Gasteiger partial charge in [0.15, 0.2) is 0 Å². The normalized spacial score (nSPS) is 16.6. The van der Waals surface area contributed by atoms with Crippen LogP contribution in [0.15, 0.2) is 53.5 Å². The van der Waals surface area contributed by atoms with E-state index in [2.05, 4.69) is 36.2 Å². The minimum Gasteiger partial charge on any atom is -0.468 e. The highest BCUT2D eigenvalue weighted by atomic mass is 16.5. The van der Waals surface area contributed by atoms with Crippen molar-refractivity contribution in [1.29, 1.82) is 0 Å². The summed E-state index contributed by atoms with van der Waals surface area (Å²) < 4.78 is 4.86. The first-order chi connectivity index (χ1) is 11.1. The van der Waals surface area contributed by atoms with Gasteiger partial charge in [0, 0.05) is 5.56 Å². The number of carbonyl (C=O) groups excluding carboxylic acids is 1. The molecule has 0 radical (unpaired) electrons. The van der Waals surface area contributed by atoms with E-state index in [0.717, 1.165) is 22.6 Å². The van der Waals surface area contributed by atoms with Gasteiger partial charge in [-0.15, -0.1) is 0 Å². The highest BCUT2D eigenvalue weighted by Crippen LogP contribution is 2.39. The first-order valence-corrected chi connectivity index (χ1v) is 7.64. The molecule has 0 N–H and O–H groups in total. The first kappa shape index (κ1) is 15.3. The third-order valence-electron chi connectivity index (χ3n) is 4.13. The predicted molar refractivity (Wildman–Crippen MR) is 91.0 cm³/mol. The van der Waals surface area contributed by atoms with E-state index in [9.17, 15) is 4.79 Å². The smallest absolute Gasteiger partial charge is 0.325 e. The highest BCUT2D eigenvalue weighted by Gasteiger charge is 2.31. The van der Waals surface area contributed by atoms with Crippen LogP contribution >= 0.6 is 0 Å². The number of carbonyl (C=O) groups is 1. The number of rotatable bonds is 3. The molecule has 0 aliphatic carbocycles. The molecule has 0 bridgehead atoms. The molecule has 1 heterocycles. The van der Waals surface area contributed by atoms with Gasteiger partial charge in [-0.25, -0.2) is 4.99 Å². The predicted octanol–water partition coefficient (Wildman–Crippen LogP) is 3.62. The highest BCUT2D eigenvalue weighted by molar-refractivity contribution is 5.89. The van der Waals surface area contributed by atoms with Crippen molar-refractivity contribution in [2.75, 3.05) is 13.7 Å². The van der Waals surface area contributed by atoms with Gasteiger partial charge in [0.2, 0.25) is 0 Å². The molecule has 118 valence electrons. The Morgan fingerprint density at radius 1 is 1.17 bits per heavy atom. The number of benzene rings is 2. The van der Waals surface area contributed by atoms with Gasteiger partial charge >= 0.3 is 5.97 Å². The summed E-state index contributed by atoms with van der Waals surface area (Å²) in [5.74, 6) is 0.553. The number of aliphatic imine (C=N–C) groups is 1. The molecule has 0 aromatic heterocycles. The second-order valence-electron chi connectivity index (χ2n) is 5.74. The lowest BCUT2D eigenvalue weighted by atomic mass is 9.92. The summed E-state index contributed by atoms with van der Waals surface area (Å²) in [5, 5.41) is 0. The number of methoxy groups -OCH3 is 1. The fraction of sp³-hybridized carbons (Fsp3) is 0.263. The van der Waals surface area contributed by atoms with Crippen LogP contribution in [0.25, 0.3) is 0 Å². The van der Waals surface area contributed by atoms with Gasteiger partial charge in [0.1, 0.15) is 12.4 Å². The van der Waals surface area contributed by atoms with Crippen molar-refractivity contribution < 1.29 is 9.53 Å². The summed E-state index contributed by atoms with van der Waals surface area (Å²) in [6.45, 7) is 4.18. The summed E-state index contributed by atoms with van der Waals surface area (Å²) in [4.78, 5) is 18.5. The van der Waals surface area contributed by atoms with Crippen LogP contribution in [0.1, 0.15) is 29.7 Å². The van der Waals surface area contributed by atoms with Crippen LogP contribution in [0, 0.1) is 6.92 Å². The van der Waals surface area contributed by atoms with E-state index in [1.165, 1.54) is 12.7 Å². The van der Waals surface area contributed by atoms with E-state index in [4.69, 9.17) is 4.74 Å². The van der Waals surface area contributed by atoms with E-state index in [1.807, 2.05) is 36.1 Å². The molecule has 0 amide bonds. The lowest BCUT2D eigenvalue weighted by Gasteiger charge is -2.37. The van der Waals surface area contributed by atoms with E-state index >= 15 is 0 Å². The number of fused-ring (bicyclic) bond motifs is 1. The summed E-state index contributed by atoms with van der Waals surface area (Å²) in [7, 11) is 1.41. The van der Waals surface area contributed by atoms with Crippen LogP contribution < -0.4 is 0 Å². The van der Waals surface area contributed by atoms with Crippen molar-refractivity contribution in [3.05, 3.63) is 65.2 Å². The quantitative estimate of drug-likeness (QED) is 0.813. The maximum atomic E-state index is 11.9. The van der Waals surface area contributed by atoms with Crippen molar-refractivity contribution in [3.8, 4) is 0 Å². The van der Waals surface area contributed by atoms with E-state index in [0.29, 0.717) is 0 Å². The maximum absolute atomic E-state index is 11.9. The minimum atomic E-state index is -0.267. The molecule has 0 saturated carbocycles. The molecule has 2 aromatic rings. The van der Waals surface area contributed by atoms with Gasteiger partial charge in [0.25, 0.3) is 0 Å². The van der Waals surface area contributed by atoms with Gasteiger partial charge < -0.3 is 9.64 Å². The Labute approximate surface area is 136 Å². The Hall–Kier alpha value is -2.62. The molecule has 1 aliphatic rings. The minimum absolute atomic E-state index is 0.0392.